The van der Waals surface area contributed by atoms with Crippen LogP contribution in [0.15, 0.2) is 18.2 Å². The van der Waals surface area contributed by atoms with Gasteiger partial charge in [0.15, 0.2) is 0 Å². The molecule has 1 unspecified atom stereocenters. The van der Waals surface area contributed by atoms with Crippen LogP contribution in [-0.4, -0.2) is 12.6 Å². The molecular weight excluding hydrogens is 246 g/mol. The lowest BCUT2D eigenvalue weighted by Crippen LogP contribution is -2.18. The van der Waals surface area contributed by atoms with Crippen LogP contribution in [-0.2, 0) is 6.42 Å². The molecule has 0 aliphatic carbocycles. The van der Waals surface area contributed by atoms with Crippen LogP contribution >= 0.6 is 11.6 Å². The van der Waals surface area contributed by atoms with Crippen molar-refractivity contribution in [2.75, 3.05) is 6.61 Å². The van der Waals surface area contributed by atoms with Gasteiger partial charge in [0.05, 0.1) is 6.61 Å². The SMILES string of the molecule is CCCCCCOc1ccc(Cl)cc1CC(C)N. The molecule has 0 bridgehead atoms. The van der Waals surface area contributed by atoms with Crippen molar-refractivity contribution in [1.82, 2.24) is 0 Å². The van der Waals surface area contributed by atoms with Crippen molar-refractivity contribution in [3.8, 4) is 5.75 Å². The first-order valence-corrected chi connectivity index (χ1v) is 7.18. The molecule has 18 heavy (non-hydrogen) atoms. The van der Waals surface area contributed by atoms with E-state index in [0.717, 1.165) is 35.8 Å². The highest BCUT2D eigenvalue weighted by Gasteiger charge is 2.07. The molecule has 0 fully saturated rings. The fraction of sp³-hybridized carbons (Fsp3) is 0.600. The second-order valence-electron chi connectivity index (χ2n) is 4.84. The average Bonchev–Trinajstić information content (AvgIpc) is 2.30. The third kappa shape index (κ3) is 5.74. The molecule has 2 N–H and O–H groups in total. The molecule has 1 aromatic carbocycles. The van der Waals surface area contributed by atoms with Crippen LogP contribution in [0.5, 0.6) is 5.75 Å². The van der Waals surface area contributed by atoms with Gasteiger partial charge in [0, 0.05) is 11.1 Å². The standard InChI is InChI=1S/C15H24ClNO/c1-3-4-5-6-9-18-15-8-7-14(16)11-13(15)10-12(2)17/h7-8,11-12H,3-6,9-10,17H2,1-2H3. The zero-order valence-electron chi connectivity index (χ0n) is 11.4. The van der Waals surface area contributed by atoms with E-state index in [-0.39, 0.29) is 6.04 Å². The van der Waals surface area contributed by atoms with Crippen LogP contribution in [0.1, 0.15) is 45.1 Å². The van der Waals surface area contributed by atoms with Crippen LogP contribution in [0.3, 0.4) is 0 Å². The van der Waals surface area contributed by atoms with E-state index in [1.54, 1.807) is 0 Å². The number of hydrogen-bond acceptors (Lipinski definition) is 2. The lowest BCUT2D eigenvalue weighted by molar-refractivity contribution is 0.301. The highest BCUT2D eigenvalue weighted by molar-refractivity contribution is 6.30. The summed E-state index contributed by atoms with van der Waals surface area (Å²) in [5.74, 6) is 0.924. The summed E-state index contributed by atoms with van der Waals surface area (Å²) >= 11 is 6.01. The predicted molar refractivity (Wildman–Crippen MR) is 78.4 cm³/mol. The Bertz CT molecular complexity index is 352. The van der Waals surface area contributed by atoms with Crippen molar-refractivity contribution >= 4 is 11.6 Å². The predicted octanol–water partition coefficient (Wildman–Crippen LogP) is 4.19. The number of halogens is 1. The first-order valence-electron chi connectivity index (χ1n) is 6.80. The van der Waals surface area contributed by atoms with E-state index in [2.05, 4.69) is 6.92 Å². The van der Waals surface area contributed by atoms with Crippen LogP contribution in [0.25, 0.3) is 0 Å². The molecule has 0 spiro atoms. The number of rotatable bonds is 8. The number of hydrogen-bond donors (Lipinski definition) is 1. The third-order valence-electron chi connectivity index (χ3n) is 2.82. The minimum Gasteiger partial charge on any atom is -0.493 e. The summed E-state index contributed by atoms with van der Waals surface area (Å²) in [6.45, 7) is 4.97. The molecule has 0 aliphatic rings. The van der Waals surface area contributed by atoms with Crippen molar-refractivity contribution in [1.29, 1.82) is 0 Å². The fourth-order valence-electron chi connectivity index (χ4n) is 1.91. The smallest absolute Gasteiger partial charge is 0.122 e. The van der Waals surface area contributed by atoms with Crippen LogP contribution in [0.4, 0.5) is 0 Å². The molecule has 0 radical (unpaired) electrons. The van der Waals surface area contributed by atoms with Gasteiger partial charge in [-0.1, -0.05) is 37.8 Å². The molecule has 0 aromatic heterocycles. The molecule has 1 rings (SSSR count). The highest BCUT2D eigenvalue weighted by Crippen LogP contribution is 2.24. The van der Waals surface area contributed by atoms with Crippen molar-refractivity contribution in [3.63, 3.8) is 0 Å². The summed E-state index contributed by atoms with van der Waals surface area (Å²) in [5, 5.41) is 0.740. The van der Waals surface area contributed by atoms with Gasteiger partial charge in [-0.05, 0) is 43.5 Å². The summed E-state index contributed by atoms with van der Waals surface area (Å²) < 4.78 is 5.83. The van der Waals surface area contributed by atoms with Gasteiger partial charge >= 0.3 is 0 Å². The summed E-state index contributed by atoms with van der Waals surface area (Å²) in [6, 6.07) is 5.88. The Kier molecular flexibility index (Phi) is 7.14. The molecule has 0 saturated carbocycles. The molecule has 0 aliphatic heterocycles. The van der Waals surface area contributed by atoms with Crippen molar-refractivity contribution in [3.05, 3.63) is 28.8 Å². The van der Waals surface area contributed by atoms with Gasteiger partial charge in [0.2, 0.25) is 0 Å². The summed E-state index contributed by atoms with van der Waals surface area (Å²) in [4.78, 5) is 0. The van der Waals surface area contributed by atoms with Gasteiger partial charge in [0.1, 0.15) is 5.75 Å². The molecule has 1 aromatic rings. The first-order chi connectivity index (χ1) is 8.63. The second kappa shape index (κ2) is 8.39. The monoisotopic (exact) mass is 269 g/mol. The van der Waals surface area contributed by atoms with Crippen molar-refractivity contribution < 1.29 is 4.74 Å². The second-order valence-corrected chi connectivity index (χ2v) is 5.28. The zero-order chi connectivity index (χ0) is 13.4. The van der Waals surface area contributed by atoms with E-state index >= 15 is 0 Å². The first kappa shape index (κ1) is 15.3. The largest absolute Gasteiger partial charge is 0.493 e. The number of ether oxygens (including phenoxy) is 1. The van der Waals surface area contributed by atoms with E-state index in [1.165, 1.54) is 19.3 Å². The third-order valence-corrected chi connectivity index (χ3v) is 3.05. The fourth-order valence-corrected chi connectivity index (χ4v) is 2.10. The van der Waals surface area contributed by atoms with Crippen LogP contribution in [0.2, 0.25) is 5.02 Å². The van der Waals surface area contributed by atoms with Gasteiger partial charge in [-0.3, -0.25) is 0 Å². The van der Waals surface area contributed by atoms with E-state index in [0.29, 0.717) is 0 Å². The molecule has 2 nitrogen and oxygen atoms in total. The molecule has 0 amide bonds. The molecule has 102 valence electrons. The Morgan fingerprint density at radius 2 is 2.06 bits per heavy atom. The Morgan fingerprint density at radius 3 is 2.72 bits per heavy atom. The van der Waals surface area contributed by atoms with Crippen molar-refractivity contribution in [2.45, 2.75) is 52.0 Å². The quantitative estimate of drug-likeness (QED) is 0.718. The number of benzene rings is 1. The highest BCUT2D eigenvalue weighted by atomic mass is 35.5. The van der Waals surface area contributed by atoms with E-state index in [4.69, 9.17) is 22.1 Å². The molecule has 1 atom stereocenters. The van der Waals surface area contributed by atoms with Crippen molar-refractivity contribution in [2.24, 2.45) is 5.73 Å². The normalized spacial score (nSPS) is 12.4. The van der Waals surface area contributed by atoms with Crippen LogP contribution in [0, 0.1) is 0 Å². The maximum atomic E-state index is 6.01. The minimum absolute atomic E-state index is 0.117. The van der Waals surface area contributed by atoms with Gasteiger partial charge in [-0.2, -0.15) is 0 Å². The lowest BCUT2D eigenvalue weighted by atomic mass is 10.1. The average molecular weight is 270 g/mol. The van der Waals surface area contributed by atoms with E-state index in [1.807, 2.05) is 25.1 Å². The number of unbranched alkanes of at least 4 members (excludes halogenated alkanes) is 3. The molecule has 0 heterocycles. The van der Waals surface area contributed by atoms with Gasteiger partial charge in [0.25, 0.3) is 0 Å². The van der Waals surface area contributed by atoms with Gasteiger partial charge in [-0.15, -0.1) is 0 Å². The van der Waals surface area contributed by atoms with Gasteiger partial charge < -0.3 is 10.5 Å². The molecular formula is C15H24ClNO. The summed E-state index contributed by atoms with van der Waals surface area (Å²) in [6.07, 6.45) is 5.65. The summed E-state index contributed by atoms with van der Waals surface area (Å²) in [5.41, 5.74) is 6.94. The Labute approximate surface area is 115 Å². The summed E-state index contributed by atoms with van der Waals surface area (Å²) in [7, 11) is 0. The zero-order valence-corrected chi connectivity index (χ0v) is 12.2. The molecule has 3 heteroatoms. The maximum Gasteiger partial charge on any atom is 0.122 e. The van der Waals surface area contributed by atoms with E-state index < -0.39 is 0 Å². The molecule has 0 saturated heterocycles. The lowest BCUT2D eigenvalue weighted by Gasteiger charge is -2.13. The Morgan fingerprint density at radius 1 is 1.28 bits per heavy atom. The topological polar surface area (TPSA) is 35.2 Å². The Balaban J connectivity index is 2.52. The number of nitrogens with two attached hydrogens (primary N) is 1. The maximum absolute atomic E-state index is 6.01. The van der Waals surface area contributed by atoms with Gasteiger partial charge in [-0.25, -0.2) is 0 Å². The Hall–Kier alpha value is -0.730. The van der Waals surface area contributed by atoms with E-state index in [9.17, 15) is 0 Å². The minimum atomic E-state index is 0.117. The van der Waals surface area contributed by atoms with Crippen LogP contribution < -0.4 is 10.5 Å².